The zero-order chi connectivity index (χ0) is 32.8. The Balaban J connectivity index is 0.892. The minimum atomic E-state index is -0.948. The van der Waals surface area contributed by atoms with Crippen LogP contribution >= 0.6 is 0 Å². The summed E-state index contributed by atoms with van der Waals surface area (Å²) in [5.74, 6) is -1.14. The molecule has 12 heteroatoms. The maximum absolute atomic E-state index is 13.3. The van der Waals surface area contributed by atoms with Gasteiger partial charge < -0.3 is 20.3 Å². The van der Waals surface area contributed by atoms with Crippen LogP contribution in [0, 0.1) is 6.92 Å². The van der Waals surface area contributed by atoms with E-state index in [2.05, 4.69) is 37.9 Å². The molecule has 12 nitrogen and oxygen atoms in total. The van der Waals surface area contributed by atoms with Crippen LogP contribution in [-0.4, -0.2) is 116 Å². The number of nitrogens with one attached hydrogen (secondary N) is 1. The van der Waals surface area contributed by atoms with Gasteiger partial charge in [-0.1, -0.05) is 0 Å². The van der Waals surface area contributed by atoms with Crippen LogP contribution in [-0.2, 0) is 9.59 Å². The number of methoxy groups -OCH3 is 1. The van der Waals surface area contributed by atoms with Crippen molar-refractivity contribution in [3.8, 4) is 5.75 Å². The zero-order valence-corrected chi connectivity index (χ0v) is 27.4. The molecule has 47 heavy (non-hydrogen) atoms. The Kier molecular flexibility index (Phi) is 8.56. The van der Waals surface area contributed by atoms with Crippen molar-refractivity contribution in [2.45, 2.75) is 63.6 Å². The molecule has 2 aromatic carbocycles. The number of benzene rings is 2. The number of ether oxygens (including phenoxy) is 1. The van der Waals surface area contributed by atoms with Gasteiger partial charge in [-0.05, 0) is 68.9 Å². The number of amides is 4. The van der Waals surface area contributed by atoms with Crippen molar-refractivity contribution >= 4 is 40.7 Å². The molecule has 4 fully saturated rings. The number of carbonyl (C=O) groups is 4. The second-order valence-electron chi connectivity index (χ2n) is 13.6. The Morgan fingerprint density at radius 1 is 0.745 bits per heavy atom. The minimum absolute atomic E-state index is 0.111. The van der Waals surface area contributed by atoms with E-state index in [0.29, 0.717) is 28.9 Å². The molecule has 0 bridgehead atoms. The first-order valence-corrected chi connectivity index (χ1v) is 17.0. The molecule has 5 aliphatic heterocycles. The lowest BCUT2D eigenvalue weighted by Gasteiger charge is -2.46. The number of nitrogens with two attached hydrogens (primary N) is 1. The lowest BCUT2D eigenvalue weighted by molar-refractivity contribution is -0.136. The van der Waals surface area contributed by atoms with Gasteiger partial charge in [-0.2, -0.15) is 0 Å². The molecule has 3 N–H and O–H groups in total. The van der Waals surface area contributed by atoms with E-state index in [1.165, 1.54) is 11.3 Å². The molecule has 2 aromatic rings. The van der Waals surface area contributed by atoms with Crippen molar-refractivity contribution in [3.05, 3.63) is 47.0 Å². The van der Waals surface area contributed by atoms with Crippen LogP contribution in [0.4, 0.5) is 17.1 Å². The molecule has 0 aromatic heterocycles. The largest absolute Gasteiger partial charge is 0.495 e. The fourth-order valence-corrected chi connectivity index (χ4v) is 8.30. The minimum Gasteiger partial charge on any atom is -0.495 e. The summed E-state index contributed by atoms with van der Waals surface area (Å²) < 4.78 is 5.48. The van der Waals surface area contributed by atoms with Gasteiger partial charge in [-0.25, -0.2) is 0 Å². The highest BCUT2D eigenvalue weighted by atomic mass is 16.5. The summed E-state index contributed by atoms with van der Waals surface area (Å²) in [5, 5.41) is 2.25. The fraction of sp³-hybridized carbons (Fsp3) is 0.543. The number of piperazine rings is 1. The first kappa shape index (κ1) is 31.4. The summed E-state index contributed by atoms with van der Waals surface area (Å²) in [5.41, 5.74) is 10.8. The third-order valence-corrected chi connectivity index (χ3v) is 11.0. The third kappa shape index (κ3) is 5.93. The molecule has 0 radical (unpaired) electrons. The number of carbonyl (C=O) groups excluding carboxylic acids is 4. The van der Waals surface area contributed by atoms with Crippen LogP contribution in [0.5, 0.6) is 5.75 Å². The van der Waals surface area contributed by atoms with E-state index in [0.717, 1.165) is 94.4 Å². The lowest BCUT2D eigenvalue weighted by atomic mass is 9.98. The van der Waals surface area contributed by atoms with Gasteiger partial charge in [0.1, 0.15) is 11.8 Å². The first-order chi connectivity index (χ1) is 22.7. The molecule has 5 heterocycles. The number of nitrogen functional groups attached to an aromatic ring is 1. The van der Waals surface area contributed by atoms with Gasteiger partial charge in [0.15, 0.2) is 0 Å². The highest BCUT2D eigenvalue weighted by Gasteiger charge is 2.45. The summed E-state index contributed by atoms with van der Waals surface area (Å²) in [6.07, 6.45) is 4.68. The van der Waals surface area contributed by atoms with Gasteiger partial charge in [0.25, 0.3) is 11.8 Å². The molecule has 1 unspecified atom stereocenters. The number of nitrogens with zero attached hydrogens (tertiary/aromatic N) is 5. The fourth-order valence-electron chi connectivity index (χ4n) is 8.30. The monoisotopic (exact) mass is 643 g/mol. The van der Waals surface area contributed by atoms with Crippen molar-refractivity contribution in [1.29, 1.82) is 0 Å². The SMILES string of the molecule is COc1cc(N2CCC(N3CCN(C4CCN(c5ccc6c(c5)C(=O)N(C5CCC(=O)NC5=O)C6=O)CC4)CC3)CC2)c(C)cc1N. The molecule has 0 spiro atoms. The molecular weight excluding hydrogens is 598 g/mol. The topological polar surface area (TPSA) is 132 Å². The molecular formula is C35H45N7O5. The molecule has 0 saturated carbocycles. The van der Waals surface area contributed by atoms with Crippen LogP contribution in [0.15, 0.2) is 30.3 Å². The van der Waals surface area contributed by atoms with Crippen molar-refractivity contribution in [3.63, 3.8) is 0 Å². The first-order valence-electron chi connectivity index (χ1n) is 17.0. The Hall–Kier alpha value is -4.16. The van der Waals surface area contributed by atoms with Crippen molar-refractivity contribution in [2.75, 3.05) is 75.0 Å². The summed E-state index contributed by atoms with van der Waals surface area (Å²) in [4.78, 5) is 61.5. The Labute approximate surface area is 275 Å². The number of anilines is 3. The Bertz CT molecular complexity index is 1570. The van der Waals surface area contributed by atoms with E-state index in [-0.39, 0.29) is 18.7 Å². The lowest BCUT2D eigenvalue weighted by Crippen LogP contribution is -2.56. The quantitative estimate of drug-likeness (QED) is 0.357. The smallest absolute Gasteiger partial charge is 0.262 e. The maximum Gasteiger partial charge on any atom is 0.262 e. The summed E-state index contributed by atoms with van der Waals surface area (Å²) >= 11 is 0. The summed E-state index contributed by atoms with van der Waals surface area (Å²) in [7, 11) is 1.67. The standard InChI is InChI=1S/C35H45N7O5/c1-22-19-28(36)31(47-2)21-30(22)41-13-9-24(10-14-41)40-17-15-39(16-18-40)23-7-11-38(12-8-23)25-3-4-26-27(20-25)35(46)42(34(26)45)29-5-6-32(43)37-33(29)44/h3-4,19-21,23-24,29H,5-18,36H2,1-2H3,(H,37,43,44). The van der Waals surface area contributed by atoms with Crippen molar-refractivity contribution < 1.29 is 23.9 Å². The van der Waals surface area contributed by atoms with Gasteiger partial charge >= 0.3 is 0 Å². The number of aryl methyl sites for hydroxylation is 1. The maximum atomic E-state index is 13.3. The van der Waals surface area contributed by atoms with Gasteiger partial charge in [-0.3, -0.25) is 39.2 Å². The highest BCUT2D eigenvalue weighted by molar-refractivity contribution is 6.23. The molecule has 4 amide bonds. The normalized spacial score (nSPS) is 23.8. The number of hydrogen-bond acceptors (Lipinski definition) is 10. The van der Waals surface area contributed by atoms with Gasteiger partial charge in [-0.15, -0.1) is 0 Å². The molecule has 5 aliphatic rings. The van der Waals surface area contributed by atoms with E-state index in [1.54, 1.807) is 19.2 Å². The number of hydrogen-bond donors (Lipinski definition) is 2. The van der Waals surface area contributed by atoms with Crippen molar-refractivity contribution in [2.24, 2.45) is 0 Å². The Morgan fingerprint density at radius 3 is 1.94 bits per heavy atom. The second kappa shape index (κ2) is 12.8. The molecule has 4 saturated heterocycles. The average molecular weight is 644 g/mol. The van der Waals surface area contributed by atoms with Crippen molar-refractivity contribution in [1.82, 2.24) is 20.0 Å². The van der Waals surface area contributed by atoms with Gasteiger partial charge in [0.2, 0.25) is 11.8 Å². The predicted octanol–water partition coefficient (Wildman–Crippen LogP) is 2.24. The van der Waals surface area contributed by atoms with E-state index in [4.69, 9.17) is 10.5 Å². The van der Waals surface area contributed by atoms with Gasteiger partial charge in [0, 0.05) is 88.3 Å². The second-order valence-corrected chi connectivity index (χ2v) is 13.6. The van der Waals surface area contributed by atoms with E-state index in [1.807, 2.05) is 12.1 Å². The van der Waals surface area contributed by atoms with Crippen LogP contribution in [0.2, 0.25) is 0 Å². The third-order valence-electron chi connectivity index (χ3n) is 11.0. The molecule has 1 atom stereocenters. The molecule has 7 rings (SSSR count). The summed E-state index contributed by atoms with van der Waals surface area (Å²) in [6.45, 7) is 10.3. The van der Waals surface area contributed by atoms with Crippen LogP contribution in [0.3, 0.4) is 0 Å². The number of imide groups is 2. The van der Waals surface area contributed by atoms with Crippen LogP contribution in [0.25, 0.3) is 0 Å². The van der Waals surface area contributed by atoms with Crippen LogP contribution in [0.1, 0.15) is 64.8 Å². The number of fused-ring (bicyclic) bond motifs is 1. The van der Waals surface area contributed by atoms with Gasteiger partial charge in [0.05, 0.1) is 23.9 Å². The van der Waals surface area contributed by atoms with E-state index in [9.17, 15) is 19.2 Å². The predicted molar refractivity (Wildman–Crippen MR) is 179 cm³/mol. The molecule has 0 aliphatic carbocycles. The van der Waals surface area contributed by atoms with E-state index < -0.39 is 23.8 Å². The number of piperidine rings is 3. The number of rotatable bonds is 6. The highest BCUT2D eigenvalue weighted by Crippen LogP contribution is 2.35. The zero-order valence-electron chi connectivity index (χ0n) is 27.4. The summed E-state index contributed by atoms with van der Waals surface area (Å²) in [6, 6.07) is 9.72. The average Bonchev–Trinajstić information content (AvgIpc) is 3.33. The Morgan fingerprint density at radius 2 is 1.34 bits per heavy atom. The van der Waals surface area contributed by atoms with E-state index >= 15 is 0 Å². The van der Waals surface area contributed by atoms with Crippen LogP contribution < -0.4 is 25.6 Å². The molecule has 250 valence electrons.